The van der Waals surface area contributed by atoms with Gasteiger partial charge in [0.05, 0.1) is 14.2 Å². The Morgan fingerprint density at radius 3 is 2.55 bits per heavy atom. The lowest BCUT2D eigenvalue weighted by atomic mass is 9.98. The highest BCUT2D eigenvalue weighted by molar-refractivity contribution is 5.70. The molecule has 0 amide bonds. The summed E-state index contributed by atoms with van der Waals surface area (Å²) in [5.41, 5.74) is 3.91. The smallest absolute Gasteiger partial charge is 0.123 e. The summed E-state index contributed by atoms with van der Waals surface area (Å²) < 4.78 is 10.6. The standard InChI is InChI=1S/C19H22O3/c1-13-5-7-15(19(11-13)22-4)8-6-14(2)17-12-16(21-3)9-10-18(17)20/h5,7,9-12,20H,2,6,8H2,1,3-4H3. The molecule has 0 aliphatic heterocycles. The Kier molecular flexibility index (Phi) is 5.10. The van der Waals surface area contributed by atoms with E-state index in [-0.39, 0.29) is 5.75 Å². The van der Waals surface area contributed by atoms with Crippen molar-refractivity contribution in [1.82, 2.24) is 0 Å². The molecule has 0 saturated heterocycles. The van der Waals surface area contributed by atoms with Crippen LogP contribution in [0.3, 0.4) is 0 Å². The zero-order valence-corrected chi connectivity index (χ0v) is 13.3. The highest BCUT2D eigenvalue weighted by Crippen LogP contribution is 2.31. The first-order chi connectivity index (χ1) is 10.5. The van der Waals surface area contributed by atoms with Gasteiger partial charge in [-0.15, -0.1) is 0 Å². The zero-order valence-electron chi connectivity index (χ0n) is 13.3. The van der Waals surface area contributed by atoms with Crippen molar-refractivity contribution in [3.8, 4) is 17.2 Å². The Labute approximate surface area is 131 Å². The normalized spacial score (nSPS) is 10.3. The van der Waals surface area contributed by atoms with Crippen molar-refractivity contribution in [3.05, 3.63) is 59.7 Å². The van der Waals surface area contributed by atoms with Gasteiger partial charge >= 0.3 is 0 Å². The monoisotopic (exact) mass is 298 g/mol. The molecule has 0 spiro atoms. The lowest BCUT2D eigenvalue weighted by Gasteiger charge is -2.12. The van der Waals surface area contributed by atoms with Crippen LogP contribution in [0, 0.1) is 6.92 Å². The van der Waals surface area contributed by atoms with Gasteiger partial charge in [0.2, 0.25) is 0 Å². The number of aromatic hydroxyl groups is 1. The summed E-state index contributed by atoms with van der Waals surface area (Å²) in [7, 11) is 3.29. The molecule has 22 heavy (non-hydrogen) atoms. The first kappa shape index (κ1) is 16.0. The van der Waals surface area contributed by atoms with Gasteiger partial charge in [-0.1, -0.05) is 18.7 Å². The predicted molar refractivity (Wildman–Crippen MR) is 89.7 cm³/mol. The third-order valence-electron chi connectivity index (χ3n) is 3.72. The van der Waals surface area contributed by atoms with E-state index in [0.717, 1.165) is 35.3 Å². The Morgan fingerprint density at radius 2 is 1.86 bits per heavy atom. The second-order valence-electron chi connectivity index (χ2n) is 5.30. The van der Waals surface area contributed by atoms with E-state index in [4.69, 9.17) is 9.47 Å². The average molecular weight is 298 g/mol. The van der Waals surface area contributed by atoms with Gasteiger partial charge in [0.1, 0.15) is 17.2 Å². The summed E-state index contributed by atoms with van der Waals surface area (Å²) >= 11 is 0. The number of phenols is 1. The van der Waals surface area contributed by atoms with Crippen molar-refractivity contribution in [3.63, 3.8) is 0 Å². The Balaban J connectivity index is 2.13. The molecular weight excluding hydrogens is 276 g/mol. The molecule has 3 heteroatoms. The minimum absolute atomic E-state index is 0.224. The minimum Gasteiger partial charge on any atom is -0.507 e. The van der Waals surface area contributed by atoms with E-state index >= 15 is 0 Å². The first-order valence-corrected chi connectivity index (χ1v) is 7.24. The van der Waals surface area contributed by atoms with Crippen LogP contribution >= 0.6 is 0 Å². The fourth-order valence-electron chi connectivity index (χ4n) is 2.40. The van der Waals surface area contributed by atoms with E-state index in [2.05, 4.69) is 18.7 Å². The summed E-state index contributed by atoms with van der Waals surface area (Å²) in [4.78, 5) is 0. The number of methoxy groups -OCH3 is 2. The third-order valence-corrected chi connectivity index (χ3v) is 3.72. The molecule has 0 aliphatic rings. The molecule has 0 saturated carbocycles. The largest absolute Gasteiger partial charge is 0.507 e. The summed E-state index contributed by atoms with van der Waals surface area (Å²) in [5, 5.41) is 9.99. The molecule has 0 fully saturated rings. The number of phenolic OH excluding ortho intramolecular Hbond substituents is 1. The number of ether oxygens (including phenoxy) is 2. The first-order valence-electron chi connectivity index (χ1n) is 7.24. The molecule has 2 aromatic carbocycles. The van der Waals surface area contributed by atoms with E-state index in [1.807, 2.05) is 19.1 Å². The summed E-state index contributed by atoms with van der Waals surface area (Å²) in [5.74, 6) is 1.83. The van der Waals surface area contributed by atoms with Gasteiger partial charge in [0.15, 0.2) is 0 Å². The van der Waals surface area contributed by atoms with Crippen molar-refractivity contribution in [2.24, 2.45) is 0 Å². The number of aryl methyl sites for hydroxylation is 2. The maximum absolute atomic E-state index is 9.99. The van der Waals surface area contributed by atoms with Gasteiger partial charge < -0.3 is 14.6 Å². The fraction of sp³-hybridized carbons (Fsp3) is 0.263. The number of benzene rings is 2. The van der Waals surface area contributed by atoms with Crippen LogP contribution in [0.1, 0.15) is 23.1 Å². The van der Waals surface area contributed by atoms with Crippen molar-refractivity contribution in [1.29, 1.82) is 0 Å². The summed E-state index contributed by atoms with van der Waals surface area (Å²) in [6, 6.07) is 11.3. The van der Waals surface area contributed by atoms with Crippen LogP contribution < -0.4 is 9.47 Å². The fourth-order valence-corrected chi connectivity index (χ4v) is 2.40. The van der Waals surface area contributed by atoms with E-state index in [9.17, 15) is 5.11 Å². The van der Waals surface area contributed by atoms with Crippen LogP contribution in [0.4, 0.5) is 0 Å². The third kappa shape index (κ3) is 3.61. The molecule has 0 radical (unpaired) electrons. The molecule has 0 unspecified atom stereocenters. The van der Waals surface area contributed by atoms with Gasteiger partial charge in [0.25, 0.3) is 0 Å². The van der Waals surface area contributed by atoms with Crippen molar-refractivity contribution in [2.45, 2.75) is 19.8 Å². The highest BCUT2D eigenvalue weighted by Gasteiger charge is 2.09. The lowest BCUT2D eigenvalue weighted by Crippen LogP contribution is -1.95. The molecule has 0 atom stereocenters. The van der Waals surface area contributed by atoms with E-state index < -0.39 is 0 Å². The number of rotatable bonds is 6. The highest BCUT2D eigenvalue weighted by atomic mass is 16.5. The molecule has 0 bridgehead atoms. The molecule has 116 valence electrons. The molecule has 3 nitrogen and oxygen atoms in total. The molecular formula is C19H22O3. The van der Waals surface area contributed by atoms with Gasteiger partial charge in [-0.25, -0.2) is 0 Å². The van der Waals surface area contributed by atoms with Crippen LogP contribution in [0.15, 0.2) is 43.0 Å². The lowest BCUT2D eigenvalue weighted by molar-refractivity contribution is 0.409. The van der Waals surface area contributed by atoms with E-state index in [1.54, 1.807) is 26.4 Å². The van der Waals surface area contributed by atoms with Crippen LogP contribution in [-0.2, 0) is 6.42 Å². The molecule has 0 aromatic heterocycles. The average Bonchev–Trinajstić information content (AvgIpc) is 2.53. The molecule has 2 rings (SSSR count). The molecule has 0 heterocycles. The summed E-state index contributed by atoms with van der Waals surface area (Å²) in [6.45, 7) is 6.13. The van der Waals surface area contributed by atoms with E-state index in [1.165, 1.54) is 5.56 Å². The zero-order chi connectivity index (χ0) is 16.1. The molecule has 2 aromatic rings. The Bertz CT molecular complexity index is 674. The SMILES string of the molecule is C=C(CCc1ccc(C)cc1OC)c1cc(OC)ccc1O. The maximum Gasteiger partial charge on any atom is 0.123 e. The quantitative estimate of drug-likeness (QED) is 0.861. The van der Waals surface area contributed by atoms with Crippen molar-refractivity contribution >= 4 is 5.57 Å². The number of allylic oxidation sites excluding steroid dienone is 1. The van der Waals surface area contributed by atoms with Crippen molar-refractivity contribution in [2.75, 3.05) is 14.2 Å². The number of hydrogen-bond donors (Lipinski definition) is 1. The van der Waals surface area contributed by atoms with Crippen LogP contribution in [0.25, 0.3) is 5.57 Å². The topological polar surface area (TPSA) is 38.7 Å². The van der Waals surface area contributed by atoms with Gasteiger partial charge in [-0.3, -0.25) is 0 Å². The summed E-state index contributed by atoms with van der Waals surface area (Å²) in [6.07, 6.45) is 1.54. The van der Waals surface area contributed by atoms with Crippen LogP contribution in [0.5, 0.6) is 17.2 Å². The minimum atomic E-state index is 0.224. The Morgan fingerprint density at radius 1 is 1.09 bits per heavy atom. The van der Waals surface area contributed by atoms with Gasteiger partial charge in [-0.05, 0) is 60.7 Å². The molecule has 1 N–H and O–H groups in total. The van der Waals surface area contributed by atoms with Crippen LogP contribution in [0.2, 0.25) is 0 Å². The molecule has 0 aliphatic carbocycles. The van der Waals surface area contributed by atoms with Crippen LogP contribution in [-0.4, -0.2) is 19.3 Å². The van der Waals surface area contributed by atoms with Gasteiger partial charge in [0, 0.05) is 5.56 Å². The second-order valence-corrected chi connectivity index (χ2v) is 5.30. The second kappa shape index (κ2) is 7.03. The number of hydrogen-bond acceptors (Lipinski definition) is 3. The predicted octanol–water partition coefficient (Wildman–Crippen LogP) is 4.36. The van der Waals surface area contributed by atoms with E-state index in [0.29, 0.717) is 5.75 Å². The maximum atomic E-state index is 9.99. The Hall–Kier alpha value is -2.42. The van der Waals surface area contributed by atoms with Gasteiger partial charge in [-0.2, -0.15) is 0 Å². The van der Waals surface area contributed by atoms with Crippen molar-refractivity contribution < 1.29 is 14.6 Å².